The molecule has 0 saturated carbocycles. The third-order valence-corrected chi connectivity index (χ3v) is 3.94. The van der Waals surface area contributed by atoms with E-state index in [2.05, 4.69) is 13.5 Å². The zero-order chi connectivity index (χ0) is 14.9. The predicted molar refractivity (Wildman–Crippen MR) is 90.1 cm³/mol. The molecule has 0 aromatic carbocycles. The second-order valence-electron chi connectivity index (χ2n) is 6.01. The van der Waals surface area contributed by atoms with E-state index in [1.165, 1.54) is 70.6 Å². The molecule has 0 amide bonds. The van der Waals surface area contributed by atoms with Crippen LogP contribution in [0.15, 0.2) is 12.7 Å². The van der Waals surface area contributed by atoms with Gasteiger partial charge in [0.2, 0.25) is 0 Å². The van der Waals surface area contributed by atoms with Crippen LogP contribution in [0.5, 0.6) is 0 Å². The highest BCUT2D eigenvalue weighted by atomic mass is 16.1. The van der Waals surface area contributed by atoms with Gasteiger partial charge in [-0.2, -0.15) is 0 Å². The molecule has 0 heterocycles. The topological polar surface area (TPSA) is 17.1 Å². The summed E-state index contributed by atoms with van der Waals surface area (Å²) in [5.74, 6) is 0.414. The summed E-state index contributed by atoms with van der Waals surface area (Å²) in [7, 11) is 0. The molecule has 20 heavy (non-hydrogen) atoms. The SMILES string of the molecule is C=CCCC(=O)CCCCCCCCCCCCCC. The van der Waals surface area contributed by atoms with Crippen LogP contribution in [-0.4, -0.2) is 5.78 Å². The van der Waals surface area contributed by atoms with Gasteiger partial charge in [0.05, 0.1) is 0 Å². The fourth-order valence-electron chi connectivity index (χ4n) is 2.55. The molecule has 118 valence electrons. The zero-order valence-electron chi connectivity index (χ0n) is 13.8. The van der Waals surface area contributed by atoms with E-state index >= 15 is 0 Å². The predicted octanol–water partition coefficient (Wildman–Crippen LogP) is 6.61. The van der Waals surface area contributed by atoms with Gasteiger partial charge in [0.1, 0.15) is 5.78 Å². The summed E-state index contributed by atoms with van der Waals surface area (Å²) in [6.45, 7) is 5.92. The highest BCUT2D eigenvalue weighted by Gasteiger charge is 2.00. The minimum atomic E-state index is 0.414. The quantitative estimate of drug-likeness (QED) is 0.229. The molecule has 0 aliphatic rings. The molecular formula is C19H36O. The summed E-state index contributed by atoms with van der Waals surface area (Å²) in [5, 5.41) is 0. The van der Waals surface area contributed by atoms with Gasteiger partial charge < -0.3 is 0 Å². The van der Waals surface area contributed by atoms with Crippen molar-refractivity contribution in [2.75, 3.05) is 0 Å². The van der Waals surface area contributed by atoms with Crippen molar-refractivity contribution < 1.29 is 4.79 Å². The molecule has 0 rings (SSSR count). The Balaban J connectivity index is 3.06. The Labute approximate surface area is 127 Å². The molecule has 1 nitrogen and oxygen atoms in total. The number of allylic oxidation sites excluding steroid dienone is 1. The molecule has 0 aliphatic heterocycles. The number of carbonyl (C=O) groups is 1. The average molecular weight is 280 g/mol. The van der Waals surface area contributed by atoms with Crippen LogP contribution in [-0.2, 0) is 4.79 Å². The minimum Gasteiger partial charge on any atom is -0.300 e. The van der Waals surface area contributed by atoms with Gasteiger partial charge in [-0.3, -0.25) is 4.79 Å². The first-order valence-corrected chi connectivity index (χ1v) is 8.93. The molecule has 0 aromatic rings. The fourth-order valence-corrected chi connectivity index (χ4v) is 2.55. The maximum Gasteiger partial charge on any atom is 0.133 e. The first-order valence-electron chi connectivity index (χ1n) is 8.93. The van der Waals surface area contributed by atoms with Gasteiger partial charge in [0.15, 0.2) is 0 Å². The summed E-state index contributed by atoms with van der Waals surface area (Å²) in [5.41, 5.74) is 0. The largest absolute Gasteiger partial charge is 0.300 e. The highest BCUT2D eigenvalue weighted by molar-refractivity contribution is 5.78. The highest BCUT2D eigenvalue weighted by Crippen LogP contribution is 2.12. The normalized spacial score (nSPS) is 10.7. The third kappa shape index (κ3) is 15.5. The summed E-state index contributed by atoms with van der Waals surface area (Å²) in [6, 6.07) is 0. The van der Waals surface area contributed by atoms with Crippen LogP contribution in [0.3, 0.4) is 0 Å². The summed E-state index contributed by atoms with van der Waals surface area (Å²) in [6.07, 6.45) is 20.4. The molecule has 0 fully saturated rings. The number of hydrogen-bond donors (Lipinski definition) is 0. The molecule has 0 aliphatic carbocycles. The summed E-state index contributed by atoms with van der Waals surface area (Å²) in [4.78, 5) is 11.4. The molecule has 0 saturated heterocycles. The molecule has 0 N–H and O–H groups in total. The van der Waals surface area contributed by atoms with E-state index in [0.717, 1.165) is 19.3 Å². The van der Waals surface area contributed by atoms with Crippen molar-refractivity contribution in [3.8, 4) is 0 Å². The lowest BCUT2D eigenvalue weighted by Crippen LogP contribution is -1.96. The summed E-state index contributed by atoms with van der Waals surface area (Å²) < 4.78 is 0. The molecule has 1 heteroatoms. The van der Waals surface area contributed by atoms with Crippen LogP contribution in [0.25, 0.3) is 0 Å². The van der Waals surface area contributed by atoms with Gasteiger partial charge in [0.25, 0.3) is 0 Å². The van der Waals surface area contributed by atoms with E-state index in [1.54, 1.807) is 0 Å². The van der Waals surface area contributed by atoms with Crippen LogP contribution in [0.2, 0.25) is 0 Å². The van der Waals surface area contributed by atoms with Crippen molar-refractivity contribution in [2.24, 2.45) is 0 Å². The maximum atomic E-state index is 11.4. The van der Waals surface area contributed by atoms with Gasteiger partial charge >= 0.3 is 0 Å². The van der Waals surface area contributed by atoms with Crippen LogP contribution in [0.4, 0.5) is 0 Å². The number of rotatable bonds is 16. The number of ketones is 1. The smallest absolute Gasteiger partial charge is 0.133 e. The Bertz CT molecular complexity index is 220. The van der Waals surface area contributed by atoms with Crippen molar-refractivity contribution in [1.82, 2.24) is 0 Å². The van der Waals surface area contributed by atoms with Gasteiger partial charge in [-0.25, -0.2) is 0 Å². The monoisotopic (exact) mass is 280 g/mol. The lowest BCUT2D eigenvalue weighted by atomic mass is 10.0. The van der Waals surface area contributed by atoms with Gasteiger partial charge in [-0.05, 0) is 12.8 Å². The van der Waals surface area contributed by atoms with E-state index in [4.69, 9.17) is 0 Å². The van der Waals surface area contributed by atoms with E-state index in [1.807, 2.05) is 6.08 Å². The van der Waals surface area contributed by atoms with Crippen LogP contribution >= 0.6 is 0 Å². The van der Waals surface area contributed by atoms with E-state index in [-0.39, 0.29) is 0 Å². The number of hydrogen-bond acceptors (Lipinski definition) is 1. The number of Topliss-reactive ketones (excluding diaryl/α,β-unsaturated/α-hetero) is 1. The molecule has 0 spiro atoms. The van der Waals surface area contributed by atoms with Crippen molar-refractivity contribution in [2.45, 2.75) is 103 Å². The number of unbranched alkanes of at least 4 members (excludes halogenated alkanes) is 11. The Hall–Kier alpha value is -0.590. The molecule has 0 radical (unpaired) electrons. The Kier molecular flexibility index (Phi) is 16.0. The molecule has 0 atom stereocenters. The van der Waals surface area contributed by atoms with E-state index in [9.17, 15) is 4.79 Å². The first-order chi connectivity index (χ1) is 9.81. The maximum absolute atomic E-state index is 11.4. The van der Waals surface area contributed by atoms with Crippen LogP contribution < -0.4 is 0 Å². The van der Waals surface area contributed by atoms with Crippen molar-refractivity contribution in [3.05, 3.63) is 12.7 Å². The van der Waals surface area contributed by atoms with Crippen molar-refractivity contribution >= 4 is 5.78 Å². The van der Waals surface area contributed by atoms with E-state index < -0.39 is 0 Å². The molecule has 0 unspecified atom stereocenters. The number of carbonyl (C=O) groups excluding carboxylic acids is 1. The van der Waals surface area contributed by atoms with Crippen LogP contribution in [0.1, 0.15) is 103 Å². The van der Waals surface area contributed by atoms with Crippen LogP contribution in [0, 0.1) is 0 Å². The average Bonchev–Trinajstić information content (AvgIpc) is 2.46. The van der Waals surface area contributed by atoms with Gasteiger partial charge in [-0.15, -0.1) is 6.58 Å². The Morgan fingerprint density at radius 2 is 1.20 bits per heavy atom. The van der Waals surface area contributed by atoms with Gasteiger partial charge in [-0.1, -0.05) is 83.6 Å². The standard InChI is InChI=1S/C19H36O/c1-3-5-7-8-9-10-11-12-13-14-15-16-18-19(20)17-6-4-2/h4H,2-3,5-18H2,1H3. The minimum absolute atomic E-state index is 0.414. The van der Waals surface area contributed by atoms with Crippen molar-refractivity contribution in [1.29, 1.82) is 0 Å². The summed E-state index contributed by atoms with van der Waals surface area (Å²) >= 11 is 0. The fraction of sp³-hybridized carbons (Fsp3) is 0.842. The van der Waals surface area contributed by atoms with Gasteiger partial charge in [0, 0.05) is 12.8 Å². The Morgan fingerprint density at radius 1 is 0.750 bits per heavy atom. The second kappa shape index (κ2) is 16.5. The van der Waals surface area contributed by atoms with Crippen molar-refractivity contribution in [3.63, 3.8) is 0 Å². The third-order valence-electron chi connectivity index (χ3n) is 3.94. The molecule has 0 bridgehead atoms. The lowest BCUT2D eigenvalue weighted by Gasteiger charge is -2.02. The Morgan fingerprint density at radius 3 is 1.65 bits per heavy atom. The van der Waals surface area contributed by atoms with E-state index in [0.29, 0.717) is 12.2 Å². The molecular weight excluding hydrogens is 244 g/mol. The zero-order valence-corrected chi connectivity index (χ0v) is 13.8. The molecule has 0 aromatic heterocycles. The lowest BCUT2D eigenvalue weighted by molar-refractivity contribution is -0.119. The second-order valence-corrected chi connectivity index (χ2v) is 6.01. The first kappa shape index (κ1) is 19.4.